The molecule has 1 aliphatic rings. The third-order valence-electron chi connectivity index (χ3n) is 3.64. The van der Waals surface area contributed by atoms with E-state index in [9.17, 15) is 15.2 Å². The minimum atomic E-state index is -0.716. The van der Waals surface area contributed by atoms with E-state index in [2.05, 4.69) is 21.9 Å². The fourth-order valence-electron chi connectivity index (χ4n) is 2.34. The predicted molar refractivity (Wildman–Crippen MR) is 94.3 cm³/mol. The van der Waals surface area contributed by atoms with Crippen LogP contribution in [0.5, 0.6) is 5.75 Å². The first-order valence-corrected chi connectivity index (χ1v) is 8.25. The number of aliphatic hydroxyl groups excluding tert-OH is 1. The number of para-hydroxylation sites is 1. The molecule has 1 heterocycles. The van der Waals surface area contributed by atoms with Crippen molar-refractivity contribution < 1.29 is 14.6 Å². The van der Waals surface area contributed by atoms with Crippen LogP contribution < -0.4 is 15.5 Å². The Kier molecular flexibility index (Phi) is 6.12. The lowest BCUT2D eigenvalue weighted by atomic mass is 10.0. The van der Waals surface area contributed by atoms with E-state index < -0.39 is 6.10 Å². The highest BCUT2D eigenvalue weighted by atomic mass is 16.5. The van der Waals surface area contributed by atoms with E-state index in [1.54, 1.807) is 18.2 Å². The number of β-amino-alcohol motifs (C(OH)–C–C–N with tert-alkyl or cyclic N) is 1. The van der Waals surface area contributed by atoms with E-state index in [0.717, 1.165) is 0 Å². The number of hydrogen-bond donors (Lipinski definition) is 3. The fourth-order valence-corrected chi connectivity index (χ4v) is 2.34. The molecule has 7 heteroatoms. The summed E-state index contributed by atoms with van der Waals surface area (Å²) in [4.78, 5) is 11.3. The van der Waals surface area contributed by atoms with Crippen molar-refractivity contribution in [2.24, 2.45) is 5.10 Å². The minimum absolute atomic E-state index is 0.0500. The molecule has 1 unspecified atom stereocenters. The summed E-state index contributed by atoms with van der Waals surface area (Å²) in [6.07, 6.45) is 0.102. The van der Waals surface area contributed by atoms with Gasteiger partial charge in [0.15, 0.2) is 0 Å². The molecule has 1 aromatic rings. The van der Waals surface area contributed by atoms with Gasteiger partial charge in [0.25, 0.3) is 0 Å². The maximum Gasteiger partial charge on any atom is 0.240 e. The highest BCUT2D eigenvalue weighted by Crippen LogP contribution is 2.26. The van der Waals surface area contributed by atoms with Crippen molar-refractivity contribution in [3.8, 4) is 11.8 Å². The lowest BCUT2D eigenvalue weighted by molar-refractivity contribution is -0.121. The molecule has 3 N–H and O–H groups in total. The van der Waals surface area contributed by atoms with Crippen molar-refractivity contribution >= 4 is 11.6 Å². The third kappa shape index (κ3) is 5.55. The zero-order valence-electron chi connectivity index (χ0n) is 14.8. The Bertz CT molecular complexity index is 701. The number of rotatable bonds is 6. The number of benzene rings is 1. The van der Waals surface area contributed by atoms with Crippen LogP contribution >= 0.6 is 0 Å². The molecule has 1 aromatic carbocycles. The van der Waals surface area contributed by atoms with Gasteiger partial charge in [-0.25, -0.2) is 5.43 Å². The van der Waals surface area contributed by atoms with Crippen LogP contribution in [0.25, 0.3) is 0 Å². The summed E-state index contributed by atoms with van der Waals surface area (Å²) in [5.74, 6) is 0.251. The normalized spacial score (nSPS) is 15.8. The van der Waals surface area contributed by atoms with Crippen LogP contribution in [0.15, 0.2) is 23.3 Å². The molecular weight excluding hydrogens is 320 g/mol. The Morgan fingerprint density at radius 3 is 2.80 bits per heavy atom. The van der Waals surface area contributed by atoms with Crippen molar-refractivity contribution in [2.75, 3.05) is 13.2 Å². The number of nitriles is 1. The average molecular weight is 344 g/mol. The highest BCUT2D eigenvalue weighted by molar-refractivity contribution is 6.06. The van der Waals surface area contributed by atoms with Crippen LogP contribution in [-0.4, -0.2) is 41.5 Å². The predicted octanol–water partition coefficient (Wildman–Crippen LogP) is 1.30. The highest BCUT2D eigenvalue weighted by Gasteiger charge is 2.20. The zero-order chi connectivity index (χ0) is 18.4. The van der Waals surface area contributed by atoms with Gasteiger partial charge in [-0.05, 0) is 32.9 Å². The van der Waals surface area contributed by atoms with Gasteiger partial charge in [0.2, 0.25) is 5.91 Å². The first-order valence-electron chi connectivity index (χ1n) is 8.25. The molecule has 1 atom stereocenters. The summed E-state index contributed by atoms with van der Waals surface area (Å²) in [7, 11) is 0. The smallest absolute Gasteiger partial charge is 0.240 e. The number of hydrazone groups is 1. The van der Waals surface area contributed by atoms with Gasteiger partial charge in [-0.3, -0.25) is 4.79 Å². The van der Waals surface area contributed by atoms with Crippen molar-refractivity contribution in [3.63, 3.8) is 0 Å². The summed E-state index contributed by atoms with van der Waals surface area (Å²) in [6.45, 7) is 6.47. The molecule has 0 aromatic heterocycles. The summed E-state index contributed by atoms with van der Waals surface area (Å²) in [6, 6.07) is 7.30. The first kappa shape index (κ1) is 18.9. The van der Waals surface area contributed by atoms with Crippen molar-refractivity contribution in [2.45, 2.75) is 45.3 Å². The second-order valence-corrected chi connectivity index (χ2v) is 6.98. The van der Waals surface area contributed by atoms with Crippen LogP contribution in [0, 0.1) is 11.3 Å². The Hall–Kier alpha value is -2.43. The SMILES string of the molecule is CC(C)(C)NCC(O)COc1c(C#N)cccc1C1=NNC(=O)CC1. The van der Waals surface area contributed by atoms with E-state index in [1.165, 1.54) is 0 Å². The van der Waals surface area contributed by atoms with Crippen LogP contribution in [0.4, 0.5) is 0 Å². The number of nitrogens with zero attached hydrogens (tertiary/aromatic N) is 2. The Labute approximate surface area is 147 Å². The van der Waals surface area contributed by atoms with E-state index in [1.807, 2.05) is 20.8 Å². The van der Waals surface area contributed by atoms with Gasteiger partial charge >= 0.3 is 0 Å². The molecule has 0 bridgehead atoms. The van der Waals surface area contributed by atoms with Gasteiger partial charge in [-0.15, -0.1) is 0 Å². The second kappa shape index (κ2) is 8.10. The summed E-state index contributed by atoms with van der Waals surface area (Å²) >= 11 is 0. The maximum absolute atomic E-state index is 11.3. The van der Waals surface area contributed by atoms with Gasteiger partial charge in [0.05, 0.1) is 11.3 Å². The molecule has 1 amide bonds. The lowest BCUT2D eigenvalue weighted by Crippen LogP contribution is -2.42. The molecule has 25 heavy (non-hydrogen) atoms. The summed E-state index contributed by atoms with van der Waals surface area (Å²) < 4.78 is 5.76. The molecular formula is C18H24N4O3. The minimum Gasteiger partial charge on any atom is -0.489 e. The van der Waals surface area contributed by atoms with Gasteiger partial charge < -0.3 is 15.2 Å². The number of nitrogens with one attached hydrogen (secondary N) is 2. The van der Waals surface area contributed by atoms with Crippen LogP contribution in [0.1, 0.15) is 44.7 Å². The molecule has 134 valence electrons. The summed E-state index contributed by atoms with van der Waals surface area (Å²) in [5, 5.41) is 26.7. The van der Waals surface area contributed by atoms with Gasteiger partial charge in [-0.2, -0.15) is 10.4 Å². The fraction of sp³-hybridized carbons (Fsp3) is 0.500. The van der Waals surface area contributed by atoms with E-state index >= 15 is 0 Å². The molecule has 0 saturated heterocycles. The van der Waals surface area contributed by atoms with E-state index in [-0.39, 0.29) is 18.1 Å². The molecule has 1 aliphatic heterocycles. The average Bonchev–Trinajstić information content (AvgIpc) is 2.58. The quantitative estimate of drug-likeness (QED) is 0.721. The number of hydrogen-bond acceptors (Lipinski definition) is 6. The van der Waals surface area contributed by atoms with Crippen molar-refractivity contribution in [1.82, 2.24) is 10.7 Å². The monoisotopic (exact) mass is 344 g/mol. The van der Waals surface area contributed by atoms with Crippen molar-refractivity contribution in [1.29, 1.82) is 5.26 Å². The Morgan fingerprint density at radius 1 is 1.44 bits per heavy atom. The molecule has 0 saturated carbocycles. The van der Waals surface area contributed by atoms with Gasteiger partial charge in [0, 0.05) is 30.5 Å². The van der Waals surface area contributed by atoms with Gasteiger partial charge in [-0.1, -0.05) is 6.07 Å². The third-order valence-corrected chi connectivity index (χ3v) is 3.64. The topological polar surface area (TPSA) is 107 Å². The number of ether oxygens (including phenoxy) is 1. The Balaban J connectivity index is 2.13. The zero-order valence-corrected chi connectivity index (χ0v) is 14.8. The summed E-state index contributed by atoms with van der Waals surface area (Å²) in [5.41, 5.74) is 4.03. The number of carbonyl (C=O) groups is 1. The van der Waals surface area contributed by atoms with E-state index in [0.29, 0.717) is 42.0 Å². The molecule has 0 radical (unpaired) electrons. The molecule has 0 fully saturated rings. The molecule has 2 rings (SSSR count). The van der Waals surface area contributed by atoms with Gasteiger partial charge in [0.1, 0.15) is 24.5 Å². The maximum atomic E-state index is 11.3. The number of amides is 1. The van der Waals surface area contributed by atoms with Crippen LogP contribution in [-0.2, 0) is 4.79 Å². The van der Waals surface area contributed by atoms with Crippen LogP contribution in [0.2, 0.25) is 0 Å². The standard InChI is InChI=1S/C18H24N4O3/c1-18(2,3)20-10-13(23)11-25-17-12(9-19)5-4-6-14(17)15-7-8-16(24)22-21-15/h4-6,13,20,23H,7-8,10-11H2,1-3H3,(H,22,24). The second-order valence-electron chi connectivity index (χ2n) is 6.98. The molecule has 0 aliphatic carbocycles. The van der Waals surface area contributed by atoms with E-state index in [4.69, 9.17) is 4.74 Å². The number of aliphatic hydroxyl groups is 1. The lowest BCUT2D eigenvalue weighted by Gasteiger charge is -2.23. The largest absolute Gasteiger partial charge is 0.489 e. The molecule has 0 spiro atoms. The Morgan fingerprint density at radius 2 is 2.20 bits per heavy atom. The van der Waals surface area contributed by atoms with Crippen LogP contribution in [0.3, 0.4) is 0 Å². The number of carbonyl (C=O) groups excluding carboxylic acids is 1. The van der Waals surface area contributed by atoms with Crippen molar-refractivity contribution in [3.05, 3.63) is 29.3 Å². The molecule has 7 nitrogen and oxygen atoms in total. The first-order chi connectivity index (χ1) is 11.8.